The number of hydrogen-bond acceptors (Lipinski definition) is 5. The molecule has 0 saturated heterocycles. The summed E-state index contributed by atoms with van der Waals surface area (Å²) in [5.41, 5.74) is 2.34. The number of rotatable bonds is 9. The fourth-order valence-electron chi connectivity index (χ4n) is 1.99. The SMILES string of the molecule is CCNC(C)=C(/C=C\C=NCCNC)C(=O)Nc1cc(C)n(C)n1. The third-order valence-electron chi connectivity index (χ3n) is 3.39. The molecule has 3 N–H and O–H groups in total. The number of carbonyl (C=O) groups is 1. The third-order valence-corrected chi connectivity index (χ3v) is 3.39. The van der Waals surface area contributed by atoms with E-state index in [-0.39, 0.29) is 5.91 Å². The van der Waals surface area contributed by atoms with Crippen LogP contribution in [0.1, 0.15) is 19.5 Å². The number of likely N-dealkylation sites (N-methyl/N-ethyl adjacent to an activating group) is 1. The Morgan fingerprint density at radius 3 is 2.79 bits per heavy atom. The van der Waals surface area contributed by atoms with Crippen LogP contribution in [0.15, 0.2) is 34.5 Å². The van der Waals surface area contributed by atoms with Crippen LogP contribution in [0.3, 0.4) is 0 Å². The van der Waals surface area contributed by atoms with Crippen LogP contribution in [0.25, 0.3) is 0 Å². The van der Waals surface area contributed by atoms with Crippen molar-refractivity contribution in [3.63, 3.8) is 0 Å². The average Bonchev–Trinajstić information content (AvgIpc) is 2.84. The van der Waals surface area contributed by atoms with Crippen molar-refractivity contribution in [3.05, 3.63) is 35.2 Å². The molecule has 0 fully saturated rings. The number of aryl methyl sites for hydroxylation is 2. The molecule has 7 heteroatoms. The van der Waals surface area contributed by atoms with Crippen LogP contribution in [0.5, 0.6) is 0 Å². The minimum absolute atomic E-state index is 0.202. The fourth-order valence-corrected chi connectivity index (χ4v) is 1.99. The molecule has 132 valence electrons. The van der Waals surface area contributed by atoms with E-state index in [1.165, 1.54) is 0 Å². The maximum absolute atomic E-state index is 12.6. The molecule has 0 aromatic carbocycles. The lowest BCUT2D eigenvalue weighted by Crippen LogP contribution is -2.20. The Balaban J connectivity index is 2.85. The molecule has 24 heavy (non-hydrogen) atoms. The highest BCUT2D eigenvalue weighted by Gasteiger charge is 2.12. The second kappa shape index (κ2) is 10.4. The van der Waals surface area contributed by atoms with E-state index in [2.05, 4.69) is 26.0 Å². The van der Waals surface area contributed by atoms with Gasteiger partial charge in [-0.05, 0) is 40.0 Å². The van der Waals surface area contributed by atoms with Gasteiger partial charge >= 0.3 is 0 Å². The lowest BCUT2D eigenvalue weighted by molar-refractivity contribution is -0.112. The Morgan fingerprint density at radius 1 is 1.46 bits per heavy atom. The molecule has 0 radical (unpaired) electrons. The van der Waals surface area contributed by atoms with Gasteiger partial charge in [0, 0.05) is 43.8 Å². The number of hydrogen-bond donors (Lipinski definition) is 3. The van der Waals surface area contributed by atoms with Crippen molar-refractivity contribution in [2.45, 2.75) is 20.8 Å². The predicted octanol–water partition coefficient (Wildman–Crippen LogP) is 1.40. The normalized spacial score (nSPS) is 12.7. The summed E-state index contributed by atoms with van der Waals surface area (Å²) < 4.78 is 1.72. The molecular weight excluding hydrogens is 304 g/mol. The molecule has 0 aliphatic rings. The quantitative estimate of drug-likeness (QED) is 0.276. The monoisotopic (exact) mass is 332 g/mol. The number of carbonyl (C=O) groups excluding carboxylic acids is 1. The summed E-state index contributed by atoms with van der Waals surface area (Å²) in [6.45, 7) is 8.07. The summed E-state index contributed by atoms with van der Waals surface area (Å²) in [5, 5.41) is 13.3. The van der Waals surface area contributed by atoms with Gasteiger partial charge in [0.05, 0.1) is 12.1 Å². The van der Waals surface area contributed by atoms with Gasteiger partial charge in [-0.1, -0.05) is 0 Å². The molecule has 1 aromatic heterocycles. The number of allylic oxidation sites excluding steroid dienone is 2. The molecule has 0 aliphatic carbocycles. The van der Waals surface area contributed by atoms with Crippen molar-refractivity contribution in [2.24, 2.45) is 12.0 Å². The van der Waals surface area contributed by atoms with Crippen LogP contribution in [-0.4, -0.2) is 48.6 Å². The Morgan fingerprint density at radius 2 is 2.21 bits per heavy atom. The molecule has 1 amide bonds. The largest absolute Gasteiger partial charge is 0.388 e. The molecule has 1 heterocycles. The van der Waals surface area contributed by atoms with E-state index in [1.54, 1.807) is 23.0 Å². The highest BCUT2D eigenvalue weighted by molar-refractivity contribution is 6.06. The van der Waals surface area contributed by atoms with Gasteiger partial charge in [0.25, 0.3) is 5.91 Å². The van der Waals surface area contributed by atoms with Gasteiger partial charge in [-0.25, -0.2) is 0 Å². The van der Waals surface area contributed by atoms with Crippen LogP contribution in [0, 0.1) is 6.92 Å². The number of nitrogens with one attached hydrogen (secondary N) is 3. The zero-order valence-corrected chi connectivity index (χ0v) is 15.2. The molecule has 1 aromatic rings. The first-order chi connectivity index (χ1) is 11.5. The zero-order valence-electron chi connectivity index (χ0n) is 15.2. The molecule has 7 nitrogen and oxygen atoms in total. The van der Waals surface area contributed by atoms with Crippen LogP contribution in [-0.2, 0) is 11.8 Å². The molecule has 0 saturated carbocycles. The van der Waals surface area contributed by atoms with E-state index in [1.807, 2.05) is 40.9 Å². The smallest absolute Gasteiger partial charge is 0.258 e. The second-order valence-electron chi connectivity index (χ2n) is 5.34. The van der Waals surface area contributed by atoms with E-state index in [0.29, 0.717) is 17.9 Å². The van der Waals surface area contributed by atoms with Gasteiger partial charge in [-0.15, -0.1) is 0 Å². The predicted molar refractivity (Wildman–Crippen MR) is 99.4 cm³/mol. The first-order valence-corrected chi connectivity index (χ1v) is 8.07. The molecule has 0 spiro atoms. The van der Waals surface area contributed by atoms with Gasteiger partial charge in [-0.2, -0.15) is 5.10 Å². The van der Waals surface area contributed by atoms with E-state index >= 15 is 0 Å². The molecule has 0 atom stereocenters. The Bertz CT molecular complexity index is 608. The van der Waals surface area contributed by atoms with Gasteiger partial charge in [0.2, 0.25) is 0 Å². The summed E-state index contributed by atoms with van der Waals surface area (Å²) in [7, 11) is 3.73. The first-order valence-electron chi connectivity index (χ1n) is 8.07. The van der Waals surface area contributed by atoms with Crippen molar-refractivity contribution in [1.82, 2.24) is 20.4 Å². The van der Waals surface area contributed by atoms with Crippen molar-refractivity contribution < 1.29 is 4.79 Å². The number of nitrogens with zero attached hydrogens (tertiary/aromatic N) is 3. The minimum Gasteiger partial charge on any atom is -0.388 e. The van der Waals surface area contributed by atoms with Crippen molar-refractivity contribution in [1.29, 1.82) is 0 Å². The minimum atomic E-state index is -0.202. The molecular formula is C17H28N6O. The van der Waals surface area contributed by atoms with Crippen molar-refractivity contribution in [2.75, 3.05) is 32.0 Å². The van der Waals surface area contributed by atoms with Gasteiger partial charge in [0.1, 0.15) is 0 Å². The summed E-state index contributed by atoms with van der Waals surface area (Å²) in [5.74, 6) is 0.337. The maximum atomic E-state index is 12.6. The maximum Gasteiger partial charge on any atom is 0.258 e. The van der Waals surface area contributed by atoms with E-state index < -0.39 is 0 Å². The highest BCUT2D eigenvalue weighted by atomic mass is 16.1. The number of aliphatic imine (C=N–C) groups is 1. The van der Waals surface area contributed by atoms with Crippen molar-refractivity contribution >= 4 is 17.9 Å². The molecule has 0 unspecified atom stereocenters. The fraction of sp³-hybridized carbons (Fsp3) is 0.471. The van der Waals surface area contributed by atoms with Crippen LogP contribution in [0.4, 0.5) is 5.82 Å². The van der Waals surface area contributed by atoms with Crippen LogP contribution in [0.2, 0.25) is 0 Å². The topological polar surface area (TPSA) is 83.3 Å². The zero-order chi connectivity index (χ0) is 17.9. The van der Waals surface area contributed by atoms with E-state index in [0.717, 1.165) is 24.5 Å². The molecule has 0 bridgehead atoms. The van der Waals surface area contributed by atoms with Crippen LogP contribution >= 0.6 is 0 Å². The number of aromatic nitrogens is 2. The first kappa shape index (κ1) is 19.6. The lowest BCUT2D eigenvalue weighted by Gasteiger charge is -2.09. The average molecular weight is 332 g/mol. The Hall–Kier alpha value is -2.41. The van der Waals surface area contributed by atoms with E-state index in [4.69, 9.17) is 0 Å². The summed E-state index contributed by atoms with van der Waals surface area (Å²) >= 11 is 0. The van der Waals surface area contributed by atoms with Gasteiger partial charge in [-0.3, -0.25) is 14.5 Å². The number of anilines is 1. The lowest BCUT2D eigenvalue weighted by atomic mass is 10.1. The standard InChI is InChI=1S/C17H28N6O/c1-6-20-14(3)15(8-7-9-19-11-10-18-4)17(24)21-16-12-13(2)23(5)22-16/h7-9,12,18,20H,6,10-11H2,1-5H3,(H,21,22,24)/b8-7-,15-14?,19-9?. The third kappa shape index (κ3) is 6.37. The Kier molecular flexibility index (Phi) is 8.49. The van der Waals surface area contributed by atoms with Crippen LogP contribution < -0.4 is 16.0 Å². The summed E-state index contributed by atoms with van der Waals surface area (Å²) in [6.07, 6.45) is 5.23. The van der Waals surface area contributed by atoms with E-state index in [9.17, 15) is 4.79 Å². The van der Waals surface area contributed by atoms with Gasteiger partial charge in [0.15, 0.2) is 5.82 Å². The molecule has 0 aliphatic heterocycles. The van der Waals surface area contributed by atoms with Crippen molar-refractivity contribution in [3.8, 4) is 0 Å². The summed E-state index contributed by atoms with van der Waals surface area (Å²) in [6, 6.07) is 1.83. The highest BCUT2D eigenvalue weighted by Crippen LogP contribution is 2.11. The molecule has 1 rings (SSSR count). The second-order valence-corrected chi connectivity index (χ2v) is 5.34. The van der Waals surface area contributed by atoms with Gasteiger partial charge < -0.3 is 16.0 Å². The number of amides is 1. The Labute approximate surface area is 143 Å². The summed E-state index contributed by atoms with van der Waals surface area (Å²) in [4.78, 5) is 16.8.